The standard InChI is InChI=1S/C25H20FNO3S/c1-30-20-13-7-17(8-14-20)15-16-27-24(28)22(18-9-11-19(26)12-10-18)23(25(27)29)31-21-5-3-2-4-6-21/h2-14H,15-16H2,1H3. The largest absolute Gasteiger partial charge is 0.497 e. The maximum atomic E-state index is 13.4. The summed E-state index contributed by atoms with van der Waals surface area (Å²) >= 11 is 1.26. The van der Waals surface area contributed by atoms with Crippen LogP contribution in [0.25, 0.3) is 5.57 Å². The van der Waals surface area contributed by atoms with Crippen LogP contribution in [0.3, 0.4) is 0 Å². The number of thioether (sulfide) groups is 1. The van der Waals surface area contributed by atoms with E-state index in [2.05, 4.69) is 0 Å². The first kappa shape index (κ1) is 20.9. The molecular weight excluding hydrogens is 413 g/mol. The van der Waals surface area contributed by atoms with Crippen LogP contribution < -0.4 is 4.74 Å². The number of benzene rings is 3. The van der Waals surface area contributed by atoms with E-state index in [0.29, 0.717) is 22.5 Å². The highest BCUT2D eigenvalue weighted by Crippen LogP contribution is 2.39. The summed E-state index contributed by atoms with van der Waals surface area (Å²) in [4.78, 5) is 29.0. The Hall–Kier alpha value is -3.38. The Morgan fingerprint density at radius 1 is 0.871 bits per heavy atom. The average molecular weight is 434 g/mol. The molecule has 0 fully saturated rings. The summed E-state index contributed by atoms with van der Waals surface area (Å²) in [7, 11) is 1.60. The second-order valence-electron chi connectivity index (χ2n) is 6.99. The lowest BCUT2D eigenvalue weighted by Crippen LogP contribution is -2.33. The van der Waals surface area contributed by atoms with Gasteiger partial charge in [0.05, 0.1) is 17.6 Å². The van der Waals surface area contributed by atoms with Crippen molar-refractivity contribution in [2.75, 3.05) is 13.7 Å². The van der Waals surface area contributed by atoms with Gasteiger partial charge in [0.1, 0.15) is 11.6 Å². The highest BCUT2D eigenvalue weighted by atomic mass is 32.2. The van der Waals surface area contributed by atoms with Gasteiger partial charge in [-0.3, -0.25) is 14.5 Å². The molecule has 1 heterocycles. The van der Waals surface area contributed by atoms with Crippen LogP contribution in [-0.4, -0.2) is 30.4 Å². The number of hydrogen-bond acceptors (Lipinski definition) is 4. The van der Waals surface area contributed by atoms with Crippen LogP contribution in [0.2, 0.25) is 0 Å². The van der Waals surface area contributed by atoms with Gasteiger partial charge in [0.15, 0.2) is 0 Å². The minimum absolute atomic E-state index is 0.257. The Kier molecular flexibility index (Phi) is 6.18. The van der Waals surface area contributed by atoms with Crippen molar-refractivity contribution in [3.63, 3.8) is 0 Å². The van der Waals surface area contributed by atoms with Gasteiger partial charge in [0.25, 0.3) is 11.8 Å². The number of amides is 2. The van der Waals surface area contributed by atoms with Crippen LogP contribution in [0.5, 0.6) is 5.75 Å². The molecule has 0 aromatic heterocycles. The number of imide groups is 1. The molecule has 31 heavy (non-hydrogen) atoms. The van der Waals surface area contributed by atoms with Crippen LogP contribution in [0.4, 0.5) is 4.39 Å². The quantitative estimate of drug-likeness (QED) is 0.495. The van der Waals surface area contributed by atoms with Gasteiger partial charge in [0, 0.05) is 11.4 Å². The van der Waals surface area contributed by atoms with E-state index in [0.717, 1.165) is 16.2 Å². The number of rotatable bonds is 7. The van der Waals surface area contributed by atoms with E-state index in [4.69, 9.17) is 4.74 Å². The van der Waals surface area contributed by atoms with Crippen molar-refractivity contribution in [2.24, 2.45) is 0 Å². The number of nitrogens with zero attached hydrogens (tertiary/aromatic N) is 1. The summed E-state index contributed by atoms with van der Waals surface area (Å²) in [6.45, 7) is 0.257. The molecule has 0 radical (unpaired) electrons. The van der Waals surface area contributed by atoms with Gasteiger partial charge in [-0.2, -0.15) is 0 Å². The van der Waals surface area contributed by atoms with E-state index in [1.165, 1.54) is 40.9 Å². The Morgan fingerprint density at radius 3 is 2.19 bits per heavy atom. The lowest BCUT2D eigenvalue weighted by atomic mass is 10.1. The first-order valence-electron chi connectivity index (χ1n) is 9.79. The molecule has 6 heteroatoms. The van der Waals surface area contributed by atoms with Crippen molar-refractivity contribution >= 4 is 29.1 Å². The molecule has 1 aliphatic rings. The lowest BCUT2D eigenvalue weighted by Gasteiger charge is -2.15. The molecule has 4 rings (SSSR count). The zero-order valence-corrected chi connectivity index (χ0v) is 17.7. The zero-order chi connectivity index (χ0) is 21.8. The number of hydrogen-bond donors (Lipinski definition) is 0. The Bertz CT molecular complexity index is 1130. The Morgan fingerprint density at radius 2 is 1.55 bits per heavy atom. The molecule has 2 amide bonds. The van der Waals surface area contributed by atoms with Crippen molar-refractivity contribution < 1.29 is 18.7 Å². The van der Waals surface area contributed by atoms with Crippen LogP contribution >= 0.6 is 11.8 Å². The Labute approximate surface area is 184 Å². The summed E-state index contributed by atoms with van der Waals surface area (Å²) in [5.74, 6) is -0.330. The third kappa shape index (κ3) is 4.54. The molecule has 4 nitrogen and oxygen atoms in total. The smallest absolute Gasteiger partial charge is 0.268 e. The second kappa shape index (κ2) is 9.18. The normalized spacial score (nSPS) is 13.8. The molecule has 156 valence electrons. The highest BCUT2D eigenvalue weighted by molar-refractivity contribution is 8.04. The summed E-state index contributed by atoms with van der Waals surface area (Å²) in [5, 5.41) is 0. The highest BCUT2D eigenvalue weighted by Gasteiger charge is 2.39. The van der Waals surface area contributed by atoms with Crippen LogP contribution in [0, 0.1) is 5.82 Å². The number of methoxy groups -OCH3 is 1. The molecule has 0 bridgehead atoms. The van der Waals surface area contributed by atoms with E-state index in [1.54, 1.807) is 7.11 Å². The first-order valence-corrected chi connectivity index (χ1v) is 10.6. The molecule has 1 aliphatic heterocycles. The maximum Gasteiger partial charge on any atom is 0.268 e. The van der Waals surface area contributed by atoms with Gasteiger partial charge in [0.2, 0.25) is 0 Å². The van der Waals surface area contributed by atoms with E-state index < -0.39 is 5.82 Å². The molecule has 3 aromatic rings. The van der Waals surface area contributed by atoms with Crippen molar-refractivity contribution in [1.29, 1.82) is 0 Å². The van der Waals surface area contributed by atoms with Crippen LogP contribution in [-0.2, 0) is 16.0 Å². The van der Waals surface area contributed by atoms with Crippen molar-refractivity contribution in [2.45, 2.75) is 11.3 Å². The van der Waals surface area contributed by atoms with Gasteiger partial charge in [-0.05, 0) is 53.9 Å². The number of ether oxygens (including phenoxy) is 1. The van der Waals surface area contributed by atoms with E-state index in [-0.39, 0.29) is 18.4 Å². The third-order valence-corrected chi connectivity index (χ3v) is 6.10. The van der Waals surface area contributed by atoms with Gasteiger partial charge in [-0.15, -0.1) is 0 Å². The minimum atomic E-state index is -0.394. The minimum Gasteiger partial charge on any atom is -0.497 e. The lowest BCUT2D eigenvalue weighted by molar-refractivity contribution is -0.136. The SMILES string of the molecule is COc1ccc(CCN2C(=O)C(Sc3ccccc3)=C(c3ccc(F)cc3)C2=O)cc1. The summed E-state index contributed by atoms with van der Waals surface area (Å²) in [5.41, 5.74) is 1.84. The van der Waals surface area contributed by atoms with Gasteiger partial charge in [-0.1, -0.05) is 54.2 Å². The van der Waals surface area contributed by atoms with Crippen LogP contribution in [0.1, 0.15) is 11.1 Å². The number of carbonyl (C=O) groups excluding carboxylic acids is 2. The van der Waals surface area contributed by atoms with E-state index in [9.17, 15) is 14.0 Å². The zero-order valence-electron chi connectivity index (χ0n) is 16.9. The number of carbonyl (C=O) groups is 2. The molecule has 3 aromatic carbocycles. The molecule has 0 spiro atoms. The topological polar surface area (TPSA) is 46.6 Å². The monoisotopic (exact) mass is 433 g/mol. The fraction of sp³-hybridized carbons (Fsp3) is 0.120. The Balaban J connectivity index is 1.61. The van der Waals surface area contributed by atoms with Gasteiger partial charge < -0.3 is 4.74 Å². The van der Waals surface area contributed by atoms with Crippen molar-refractivity contribution in [1.82, 2.24) is 4.90 Å². The van der Waals surface area contributed by atoms with Gasteiger partial charge >= 0.3 is 0 Å². The predicted molar refractivity (Wildman–Crippen MR) is 119 cm³/mol. The summed E-state index contributed by atoms with van der Waals surface area (Å²) in [6, 6.07) is 22.6. The third-order valence-electron chi connectivity index (χ3n) is 5.00. The predicted octanol–water partition coefficient (Wildman–Crippen LogP) is 4.95. The van der Waals surface area contributed by atoms with Crippen molar-refractivity contribution in [3.8, 4) is 5.75 Å². The molecule has 0 unspecified atom stereocenters. The molecular formula is C25H20FNO3S. The fourth-order valence-corrected chi connectivity index (χ4v) is 4.40. The molecule has 0 saturated carbocycles. The van der Waals surface area contributed by atoms with E-state index in [1.807, 2.05) is 54.6 Å². The van der Waals surface area contributed by atoms with Crippen LogP contribution in [0.15, 0.2) is 88.7 Å². The molecule has 0 aliphatic carbocycles. The first-order chi connectivity index (χ1) is 15.1. The summed E-state index contributed by atoms with van der Waals surface area (Å²) < 4.78 is 18.6. The molecule has 0 N–H and O–H groups in total. The van der Waals surface area contributed by atoms with Crippen molar-refractivity contribution in [3.05, 3.63) is 101 Å². The molecule has 0 atom stereocenters. The maximum absolute atomic E-state index is 13.4. The number of halogens is 1. The van der Waals surface area contributed by atoms with Gasteiger partial charge in [-0.25, -0.2) is 4.39 Å². The average Bonchev–Trinajstić information content (AvgIpc) is 3.03. The second-order valence-corrected chi connectivity index (χ2v) is 8.07. The molecule has 0 saturated heterocycles. The summed E-state index contributed by atoms with van der Waals surface area (Å²) in [6.07, 6.45) is 0.529. The fourth-order valence-electron chi connectivity index (χ4n) is 3.36. The van der Waals surface area contributed by atoms with E-state index >= 15 is 0 Å².